The third kappa shape index (κ3) is 3.77. The summed E-state index contributed by atoms with van der Waals surface area (Å²) >= 11 is 6.27. The Morgan fingerprint density at radius 3 is 2.53 bits per heavy atom. The van der Waals surface area contributed by atoms with Gasteiger partial charge in [-0.2, -0.15) is 9.78 Å². The van der Waals surface area contributed by atoms with Gasteiger partial charge in [0.1, 0.15) is 11.5 Å². The third-order valence-electron chi connectivity index (χ3n) is 4.90. The molecule has 0 radical (unpaired) electrons. The van der Waals surface area contributed by atoms with E-state index in [0.29, 0.717) is 22.2 Å². The summed E-state index contributed by atoms with van der Waals surface area (Å²) in [5.41, 5.74) is 3.24. The number of carbonyl (C=O) groups excluding carboxylic acids is 1. The number of nitrogens with zero attached hydrogens (tertiary/aromatic N) is 3. The molecule has 8 heteroatoms. The molecule has 0 bridgehead atoms. The van der Waals surface area contributed by atoms with E-state index in [4.69, 9.17) is 11.6 Å². The molecule has 3 aromatic carbocycles. The molecule has 5 rings (SSSR count). The number of aromatic nitrogens is 4. The molecule has 5 aromatic rings. The van der Waals surface area contributed by atoms with Crippen LogP contribution >= 0.6 is 11.6 Å². The highest BCUT2D eigenvalue weighted by Crippen LogP contribution is 2.28. The number of amides is 1. The van der Waals surface area contributed by atoms with Gasteiger partial charge >= 0.3 is 0 Å². The Bertz CT molecular complexity index is 1510. The number of para-hydroxylation sites is 1. The van der Waals surface area contributed by atoms with E-state index in [1.54, 1.807) is 48.5 Å². The second-order valence-electron chi connectivity index (χ2n) is 7.06. The van der Waals surface area contributed by atoms with E-state index in [2.05, 4.69) is 20.4 Å². The van der Waals surface area contributed by atoms with Gasteiger partial charge < -0.3 is 10.3 Å². The number of hydrogen-bond donors (Lipinski definition) is 2. The number of aromatic amines is 1. The molecule has 1 amide bonds. The fourth-order valence-electron chi connectivity index (χ4n) is 3.35. The summed E-state index contributed by atoms with van der Waals surface area (Å²) < 4.78 is 1.20. The van der Waals surface area contributed by atoms with Gasteiger partial charge in [0, 0.05) is 17.3 Å². The Hall–Kier alpha value is -4.23. The van der Waals surface area contributed by atoms with Crippen LogP contribution in [0.1, 0.15) is 10.5 Å². The summed E-state index contributed by atoms with van der Waals surface area (Å²) in [6.45, 7) is 0. The van der Waals surface area contributed by atoms with E-state index in [9.17, 15) is 9.59 Å². The lowest BCUT2D eigenvalue weighted by Crippen LogP contribution is -2.24. The summed E-state index contributed by atoms with van der Waals surface area (Å²) in [5.74, 6) is 0.213. The van der Waals surface area contributed by atoms with Crippen molar-refractivity contribution in [2.24, 2.45) is 0 Å². The smallest absolute Gasteiger partial charge is 0.276 e. The van der Waals surface area contributed by atoms with Crippen LogP contribution in [-0.4, -0.2) is 25.7 Å². The summed E-state index contributed by atoms with van der Waals surface area (Å²) in [4.78, 5) is 32.8. The largest absolute Gasteiger partial charge is 0.338 e. The molecule has 2 aromatic heterocycles. The molecule has 0 aliphatic heterocycles. The number of anilines is 1. The van der Waals surface area contributed by atoms with Crippen molar-refractivity contribution in [3.05, 3.63) is 106 Å². The normalized spacial score (nSPS) is 10.9. The molecule has 0 aliphatic rings. The number of rotatable bonds is 4. The van der Waals surface area contributed by atoms with Gasteiger partial charge in [0.2, 0.25) is 0 Å². The highest BCUT2D eigenvalue weighted by Gasteiger charge is 2.13. The van der Waals surface area contributed by atoms with Crippen molar-refractivity contribution in [1.29, 1.82) is 0 Å². The maximum absolute atomic E-state index is 12.8. The number of imidazole rings is 1. The molecule has 156 valence electrons. The van der Waals surface area contributed by atoms with Crippen LogP contribution in [0.15, 0.2) is 89.7 Å². The number of hydrogen-bond acceptors (Lipinski definition) is 4. The summed E-state index contributed by atoms with van der Waals surface area (Å²) in [5, 5.41) is 7.63. The van der Waals surface area contributed by atoms with Crippen molar-refractivity contribution in [2.45, 2.75) is 0 Å². The van der Waals surface area contributed by atoms with Crippen molar-refractivity contribution in [3.63, 3.8) is 0 Å². The first-order chi connectivity index (χ1) is 15.6. The van der Waals surface area contributed by atoms with Crippen LogP contribution in [0.5, 0.6) is 0 Å². The summed E-state index contributed by atoms with van der Waals surface area (Å²) in [6.07, 6.45) is 0. The van der Waals surface area contributed by atoms with Gasteiger partial charge in [-0.1, -0.05) is 41.9 Å². The molecule has 2 heterocycles. The molecule has 0 aliphatic carbocycles. The first kappa shape index (κ1) is 19.7. The molecule has 0 fully saturated rings. The Morgan fingerprint density at radius 1 is 0.938 bits per heavy atom. The van der Waals surface area contributed by atoms with Gasteiger partial charge in [-0.05, 0) is 48.5 Å². The number of H-pyrrole nitrogens is 1. The number of halogens is 1. The Labute approximate surface area is 187 Å². The van der Waals surface area contributed by atoms with E-state index in [1.807, 2.05) is 24.3 Å². The highest BCUT2D eigenvalue weighted by molar-refractivity contribution is 6.33. The van der Waals surface area contributed by atoms with E-state index in [0.717, 1.165) is 16.6 Å². The van der Waals surface area contributed by atoms with Gasteiger partial charge in [-0.3, -0.25) is 9.59 Å². The van der Waals surface area contributed by atoms with E-state index in [-0.39, 0.29) is 11.3 Å². The third-order valence-corrected chi connectivity index (χ3v) is 5.23. The number of benzene rings is 3. The quantitative estimate of drug-likeness (QED) is 0.423. The fraction of sp³-hybridized carbons (Fsp3) is 0. The van der Waals surface area contributed by atoms with Gasteiger partial charge in [0.15, 0.2) is 0 Å². The average molecular weight is 442 g/mol. The minimum atomic E-state index is -0.431. The molecule has 0 spiro atoms. The van der Waals surface area contributed by atoms with Crippen molar-refractivity contribution in [1.82, 2.24) is 19.7 Å². The molecule has 32 heavy (non-hydrogen) atoms. The first-order valence-corrected chi connectivity index (χ1v) is 10.2. The Morgan fingerprint density at radius 2 is 1.72 bits per heavy atom. The predicted octanol–water partition coefficient (Wildman–Crippen LogP) is 4.68. The lowest BCUT2D eigenvalue weighted by atomic mass is 10.2. The van der Waals surface area contributed by atoms with E-state index >= 15 is 0 Å². The Balaban J connectivity index is 1.43. The minimum Gasteiger partial charge on any atom is -0.338 e. The zero-order valence-corrected chi connectivity index (χ0v) is 17.4. The maximum atomic E-state index is 12.8. The van der Waals surface area contributed by atoms with Gasteiger partial charge in [0.05, 0.1) is 21.7 Å². The molecule has 0 saturated heterocycles. The highest BCUT2D eigenvalue weighted by atomic mass is 35.5. The zero-order valence-electron chi connectivity index (χ0n) is 16.6. The molecule has 0 atom stereocenters. The summed E-state index contributed by atoms with van der Waals surface area (Å²) in [6, 6.07) is 24.4. The molecule has 7 nitrogen and oxygen atoms in total. The number of fused-ring (bicyclic) bond motifs is 1. The summed E-state index contributed by atoms with van der Waals surface area (Å²) in [7, 11) is 0. The first-order valence-electron chi connectivity index (χ1n) is 9.80. The van der Waals surface area contributed by atoms with Crippen molar-refractivity contribution in [3.8, 4) is 17.1 Å². The van der Waals surface area contributed by atoms with Crippen LogP contribution in [0.25, 0.3) is 28.1 Å². The van der Waals surface area contributed by atoms with Crippen LogP contribution in [0.2, 0.25) is 5.02 Å². The standard InChI is InChI=1S/C24H16ClN5O2/c25-18-9-5-4-8-17(18)23-27-19-11-10-15(14-21(19)28-23)26-24(32)20-12-13-22(31)30(29-20)16-6-2-1-3-7-16/h1-14H,(H,26,32)(H,27,28). The molecule has 0 saturated carbocycles. The van der Waals surface area contributed by atoms with Crippen LogP contribution in [0.4, 0.5) is 5.69 Å². The van der Waals surface area contributed by atoms with Gasteiger partial charge in [-0.25, -0.2) is 4.98 Å². The fourth-order valence-corrected chi connectivity index (χ4v) is 3.57. The molecular formula is C24H16ClN5O2. The van der Waals surface area contributed by atoms with Crippen LogP contribution in [0, 0.1) is 0 Å². The second-order valence-corrected chi connectivity index (χ2v) is 7.46. The second kappa shape index (κ2) is 8.13. The lowest BCUT2D eigenvalue weighted by Gasteiger charge is -2.08. The zero-order chi connectivity index (χ0) is 22.1. The Kier molecular flexibility index (Phi) is 5.01. The van der Waals surface area contributed by atoms with E-state index in [1.165, 1.54) is 16.8 Å². The number of nitrogens with one attached hydrogen (secondary N) is 2. The van der Waals surface area contributed by atoms with Crippen molar-refractivity contribution >= 4 is 34.2 Å². The van der Waals surface area contributed by atoms with Crippen LogP contribution in [-0.2, 0) is 0 Å². The van der Waals surface area contributed by atoms with Crippen molar-refractivity contribution < 1.29 is 4.79 Å². The topological polar surface area (TPSA) is 92.7 Å². The molecule has 2 N–H and O–H groups in total. The van der Waals surface area contributed by atoms with E-state index < -0.39 is 5.91 Å². The van der Waals surface area contributed by atoms with Crippen LogP contribution < -0.4 is 10.9 Å². The minimum absolute atomic E-state index is 0.120. The molecule has 0 unspecified atom stereocenters. The SMILES string of the molecule is O=C(Nc1ccc2nc(-c3ccccc3Cl)[nH]c2c1)c1ccc(=O)n(-c2ccccc2)n1. The maximum Gasteiger partial charge on any atom is 0.276 e. The number of carbonyl (C=O) groups is 1. The average Bonchev–Trinajstić information content (AvgIpc) is 3.23. The molecular weight excluding hydrogens is 426 g/mol. The predicted molar refractivity (Wildman–Crippen MR) is 124 cm³/mol. The van der Waals surface area contributed by atoms with Crippen molar-refractivity contribution in [2.75, 3.05) is 5.32 Å². The lowest BCUT2D eigenvalue weighted by molar-refractivity contribution is 0.102. The van der Waals surface area contributed by atoms with Gasteiger partial charge in [0.25, 0.3) is 11.5 Å². The van der Waals surface area contributed by atoms with Crippen LogP contribution in [0.3, 0.4) is 0 Å². The van der Waals surface area contributed by atoms with Gasteiger partial charge in [-0.15, -0.1) is 0 Å². The monoisotopic (exact) mass is 441 g/mol.